The highest BCUT2D eigenvalue weighted by molar-refractivity contribution is 9.10. The Morgan fingerprint density at radius 3 is 2.76 bits per heavy atom. The summed E-state index contributed by atoms with van der Waals surface area (Å²) in [5.41, 5.74) is 2.10. The molecule has 1 heterocycles. The van der Waals surface area contributed by atoms with Crippen molar-refractivity contribution in [2.45, 2.75) is 31.3 Å². The lowest BCUT2D eigenvalue weighted by molar-refractivity contribution is -0.133. The number of rotatable bonds is 6. The van der Waals surface area contributed by atoms with Crippen LogP contribution in [-0.2, 0) is 11.3 Å². The van der Waals surface area contributed by atoms with Gasteiger partial charge in [0, 0.05) is 4.47 Å². The third-order valence-corrected chi connectivity index (χ3v) is 4.76. The highest BCUT2D eigenvalue weighted by Crippen LogP contribution is 2.25. The Morgan fingerprint density at radius 2 is 2.14 bits per heavy atom. The van der Waals surface area contributed by atoms with Gasteiger partial charge in [0.2, 0.25) is 0 Å². The monoisotopic (exact) mass is 368 g/mol. The van der Waals surface area contributed by atoms with Gasteiger partial charge >= 0.3 is 5.97 Å². The minimum absolute atomic E-state index is 0.0409. The Balaban J connectivity index is 2.27. The summed E-state index contributed by atoms with van der Waals surface area (Å²) in [5, 5.41) is 14.3. The number of thioether (sulfide) groups is 1. The smallest absolute Gasteiger partial charge is 0.313 e. The molecule has 1 N–H and O–H groups in total. The number of benzene rings is 1. The van der Waals surface area contributed by atoms with Gasteiger partial charge in [-0.15, -0.1) is 0 Å². The zero-order chi connectivity index (χ0) is 15.4. The van der Waals surface area contributed by atoms with E-state index in [4.69, 9.17) is 5.11 Å². The van der Waals surface area contributed by atoms with E-state index in [1.807, 2.05) is 35.0 Å². The van der Waals surface area contributed by atoms with Crippen molar-refractivity contribution in [1.29, 1.82) is 0 Å². The first-order valence-corrected chi connectivity index (χ1v) is 8.41. The van der Waals surface area contributed by atoms with Gasteiger partial charge in [-0.05, 0) is 23.6 Å². The minimum atomic E-state index is -0.820. The van der Waals surface area contributed by atoms with Gasteiger partial charge in [0.05, 0.1) is 23.0 Å². The highest BCUT2D eigenvalue weighted by Gasteiger charge is 2.13. The van der Waals surface area contributed by atoms with E-state index in [1.54, 1.807) is 0 Å². The molecule has 0 amide bonds. The molecule has 1 aromatic heterocycles. The van der Waals surface area contributed by atoms with Crippen molar-refractivity contribution in [1.82, 2.24) is 9.78 Å². The maximum atomic E-state index is 10.8. The molecular formula is C15H17BrN2O2S. The van der Waals surface area contributed by atoms with Crippen LogP contribution in [0.1, 0.15) is 31.0 Å². The number of nitrogens with zero attached hydrogens (tertiary/aromatic N) is 2. The van der Waals surface area contributed by atoms with Gasteiger partial charge in [-0.25, -0.2) is 0 Å². The largest absolute Gasteiger partial charge is 0.481 e. The second-order valence-corrected chi connectivity index (χ2v) is 6.84. The van der Waals surface area contributed by atoms with Crippen LogP contribution in [0.5, 0.6) is 0 Å². The van der Waals surface area contributed by atoms with Crippen LogP contribution in [0.3, 0.4) is 0 Å². The third-order valence-electron chi connectivity index (χ3n) is 2.97. The molecule has 0 aliphatic rings. The first-order valence-electron chi connectivity index (χ1n) is 6.63. The standard InChI is InChI=1S/C15H17BrN2O2S/c1-10(2)13-7-14(21-9-15(19)20)18(17-13)8-11-5-3-4-6-12(11)16/h3-7,10H,8-9H2,1-2H3,(H,19,20). The van der Waals surface area contributed by atoms with Gasteiger partial charge in [-0.3, -0.25) is 9.48 Å². The normalized spacial score (nSPS) is 11.0. The number of aliphatic carboxylic acids is 1. The van der Waals surface area contributed by atoms with Crippen LogP contribution >= 0.6 is 27.7 Å². The fourth-order valence-corrected chi connectivity index (χ4v) is 2.99. The van der Waals surface area contributed by atoms with E-state index in [0.29, 0.717) is 12.5 Å². The molecule has 0 radical (unpaired) electrons. The molecule has 4 nitrogen and oxygen atoms in total. The highest BCUT2D eigenvalue weighted by atomic mass is 79.9. The van der Waals surface area contributed by atoms with Crippen molar-refractivity contribution in [3.8, 4) is 0 Å². The quantitative estimate of drug-likeness (QED) is 0.783. The molecule has 112 valence electrons. The first-order chi connectivity index (χ1) is 9.97. The lowest BCUT2D eigenvalue weighted by Crippen LogP contribution is -2.06. The average Bonchev–Trinajstić information content (AvgIpc) is 2.82. The molecule has 0 unspecified atom stereocenters. The fraction of sp³-hybridized carbons (Fsp3) is 0.333. The van der Waals surface area contributed by atoms with E-state index in [2.05, 4.69) is 34.9 Å². The Morgan fingerprint density at radius 1 is 1.43 bits per heavy atom. The van der Waals surface area contributed by atoms with E-state index in [-0.39, 0.29) is 5.75 Å². The van der Waals surface area contributed by atoms with Crippen molar-refractivity contribution in [3.63, 3.8) is 0 Å². The van der Waals surface area contributed by atoms with Gasteiger partial charge in [-0.1, -0.05) is 59.7 Å². The summed E-state index contributed by atoms with van der Waals surface area (Å²) >= 11 is 4.84. The fourth-order valence-electron chi connectivity index (χ4n) is 1.85. The van der Waals surface area contributed by atoms with E-state index < -0.39 is 5.97 Å². The SMILES string of the molecule is CC(C)c1cc(SCC(=O)O)n(Cc2ccccc2Br)n1. The molecule has 0 fully saturated rings. The molecule has 2 rings (SSSR count). The van der Waals surface area contributed by atoms with Crippen LogP contribution in [0, 0.1) is 0 Å². The predicted octanol–water partition coefficient (Wildman–Crippen LogP) is 3.99. The van der Waals surface area contributed by atoms with Crippen molar-refractivity contribution in [3.05, 3.63) is 46.1 Å². The van der Waals surface area contributed by atoms with E-state index in [9.17, 15) is 4.79 Å². The summed E-state index contributed by atoms with van der Waals surface area (Å²) in [4.78, 5) is 10.8. The second kappa shape index (κ2) is 7.13. The van der Waals surface area contributed by atoms with Gasteiger partial charge in [0.25, 0.3) is 0 Å². The first kappa shape index (κ1) is 16.1. The molecule has 0 aliphatic heterocycles. The molecule has 2 aromatic rings. The number of aromatic nitrogens is 2. The van der Waals surface area contributed by atoms with Crippen LogP contribution in [0.15, 0.2) is 39.8 Å². The molecule has 1 aromatic carbocycles. The van der Waals surface area contributed by atoms with Gasteiger partial charge < -0.3 is 5.11 Å². The van der Waals surface area contributed by atoms with Gasteiger partial charge in [0.15, 0.2) is 0 Å². The van der Waals surface area contributed by atoms with Crippen LogP contribution < -0.4 is 0 Å². The zero-order valence-electron chi connectivity index (χ0n) is 11.9. The van der Waals surface area contributed by atoms with E-state index >= 15 is 0 Å². The van der Waals surface area contributed by atoms with E-state index in [0.717, 1.165) is 20.8 Å². The third kappa shape index (κ3) is 4.35. The number of halogens is 1. The van der Waals surface area contributed by atoms with Crippen LogP contribution in [0.25, 0.3) is 0 Å². The van der Waals surface area contributed by atoms with Crippen molar-refractivity contribution >= 4 is 33.7 Å². The van der Waals surface area contributed by atoms with Crippen molar-refractivity contribution < 1.29 is 9.90 Å². The Labute approximate surface area is 136 Å². The molecule has 21 heavy (non-hydrogen) atoms. The number of carboxylic acids is 1. The Hall–Kier alpha value is -1.27. The van der Waals surface area contributed by atoms with Crippen LogP contribution in [0.4, 0.5) is 0 Å². The van der Waals surface area contributed by atoms with Crippen molar-refractivity contribution in [2.75, 3.05) is 5.75 Å². The number of hydrogen-bond donors (Lipinski definition) is 1. The predicted molar refractivity (Wildman–Crippen MR) is 87.9 cm³/mol. The second-order valence-electron chi connectivity index (χ2n) is 4.99. The van der Waals surface area contributed by atoms with Crippen molar-refractivity contribution in [2.24, 2.45) is 0 Å². The molecule has 0 saturated carbocycles. The molecule has 6 heteroatoms. The summed E-state index contributed by atoms with van der Waals surface area (Å²) in [6, 6.07) is 9.96. The maximum Gasteiger partial charge on any atom is 0.313 e. The van der Waals surface area contributed by atoms with Gasteiger partial charge in [-0.2, -0.15) is 5.10 Å². The average molecular weight is 369 g/mol. The molecule has 0 saturated heterocycles. The minimum Gasteiger partial charge on any atom is -0.481 e. The number of carboxylic acid groups (broad SMARTS) is 1. The summed E-state index contributed by atoms with van der Waals surface area (Å²) in [5.74, 6) is -0.464. The maximum absolute atomic E-state index is 10.8. The topological polar surface area (TPSA) is 55.1 Å². The van der Waals surface area contributed by atoms with Crippen LogP contribution in [-0.4, -0.2) is 26.6 Å². The molecule has 0 spiro atoms. The Kier molecular flexibility index (Phi) is 5.47. The number of carbonyl (C=O) groups is 1. The molecule has 0 bridgehead atoms. The lowest BCUT2D eigenvalue weighted by atomic mass is 10.1. The summed E-state index contributed by atoms with van der Waals surface area (Å²) in [6.07, 6.45) is 0. The van der Waals surface area contributed by atoms with E-state index in [1.165, 1.54) is 11.8 Å². The Bertz CT molecular complexity index is 640. The summed E-state index contributed by atoms with van der Waals surface area (Å²) in [6.45, 7) is 4.78. The molecular weight excluding hydrogens is 352 g/mol. The zero-order valence-corrected chi connectivity index (χ0v) is 14.3. The molecule has 0 aliphatic carbocycles. The summed E-state index contributed by atoms with van der Waals surface area (Å²) < 4.78 is 2.91. The van der Waals surface area contributed by atoms with Crippen LogP contribution in [0.2, 0.25) is 0 Å². The number of hydrogen-bond acceptors (Lipinski definition) is 3. The van der Waals surface area contributed by atoms with Gasteiger partial charge in [0.1, 0.15) is 0 Å². The molecule has 0 atom stereocenters. The lowest BCUT2D eigenvalue weighted by Gasteiger charge is -2.08. The summed E-state index contributed by atoms with van der Waals surface area (Å²) in [7, 11) is 0.